The average Bonchev–Trinajstić information content (AvgIpc) is 3.08. The first-order valence-corrected chi connectivity index (χ1v) is 7.86. The van der Waals surface area contributed by atoms with E-state index in [4.69, 9.17) is 11.6 Å². The molecule has 6 nitrogen and oxygen atoms in total. The lowest BCUT2D eigenvalue weighted by Crippen LogP contribution is -2.35. The van der Waals surface area contributed by atoms with Gasteiger partial charge < -0.3 is 0 Å². The number of aromatic nitrogens is 5. The standard InChI is InChI=1S/C11H12ClF3N6S/c12-8-6-22-9(16-8)5-20-3-1-7(2-4-20)21-10(11(13,14)15)17-18-19-21/h6-7H,1-5H2. The summed E-state index contributed by atoms with van der Waals surface area (Å²) in [5.74, 6) is -1.03. The van der Waals surface area contributed by atoms with Crippen molar-refractivity contribution < 1.29 is 13.2 Å². The molecule has 2 aromatic heterocycles. The first-order valence-electron chi connectivity index (χ1n) is 6.61. The fourth-order valence-corrected chi connectivity index (χ4v) is 3.48. The smallest absolute Gasteiger partial charge is 0.297 e. The SMILES string of the molecule is FC(F)(F)c1nnnn1C1CCN(Cc2nc(Cl)cs2)CC1. The van der Waals surface area contributed by atoms with Gasteiger partial charge in [0.15, 0.2) is 0 Å². The highest BCUT2D eigenvalue weighted by molar-refractivity contribution is 7.10. The van der Waals surface area contributed by atoms with Gasteiger partial charge in [0.2, 0.25) is 0 Å². The van der Waals surface area contributed by atoms with Crippen molar-refractivity contribution in [3.05, 3.63) is 21.4 Å². The van der Waals surface area contributed by atoms with Crippen LogP contribution in [0.2, 0.25) is 5.15 Å². The zero-order chi connectivity index (χ0) is 15.7. The lowest BCUT2D eigenvalue weighted by Gasteiger charge is -2.31. The second kappa shape index (κ2) is 6.09. The number of tetrazole rings is 1. The Labute approximate surface area is 132 Å². The molecular formula is C11H12ClF3N6S. The van der Waals surface area contributed by atoms with Crippen molar-refractivity contribution in [2.45, 2.75) is 31.6 Å². The number of nitrogens with zero attached hydrogens (tertiary/aromatic N) is 6. The van der Waals surface area contributed by atoms with Gasteiger partial charge >= 0.3 is 6.18 Å². The van der Waals surface area contributed by atoms with Gasteiger partial charge in [-0.05, 0) is 23.3 Å². The van der Waals surface area contributed by atoms with Crippen molar-refractivity contribution in [2.24, 2.45) is 0 Å². The van der Waals surface area contributed by atoms with Crippen LogP contribution in [0.4, 0.5) is 13.2 Å². The Bertz CT molecular complexity index is 634. The predicted octanol–water partition coefficient (Wildman–Crippen LogP) is 2.64. The molecule has 0 aromatic carbocycles. The van der Waals surface area contributed by atoms with Gasteiger partial charge in [0, 0.05) is 18.5 Å². The summed E-state index contributed by atoms with van der Waals surface area (Å²) in [5.41, 5.74) is 0. The Morgan fingerprint density at radius 1 is 1.32 bits per heavy atom. The third kappa shape index (κ3) is 3.39. The molecule has 0 radical (unpaired) electrons. The molecule has 2 aromatic rings. The minimum absolute atomic E-state index is 0.331. The van der Waals surface area contributed by atoms with Crippen LogP contribution in [0, 0.1) is 0 Å². The van der Waals surface area contributed by atoms with Crippen molar-refractivity contribution in [2.75, 3.05) is 13.1 Å². The van der Waals surface area contributed by atoms with Crippen molar-refractivity contribution in [1.82, 2.24) is 30.1 Å². The quantitative estimate of drug-likeness (QED) is 0.850. The largest absolute Gasteiger partial charge is 0.453 e. The van der Waals surface area contributed by atoms with Crippen LogP contribution >= 0.6 is 22.9 Å². The maximum absolute atomic E-state index is 12.8. The second-order valence-electron chi connectivity index (χ2n) is 5.02. The fourth-order valence-electron chi connectivity index (χ4n) is 2.50. The summed E-state index contributed by atoms with van der Waals surface area (Å²) in [4.78, 5) is 6.32. The molecule has 0 N–H and O–H groups in total. The number of rotatable bonds is 3. The van der Waals surface area contributed by atoms with Crippen LogP contribution in [0.3, 0.4) is 0 Å². The third-order valence-corrected chi connectivity index (χ3v) is 4.69. The summed E-state index contributed by atoms with van der Waals surface area (Å²) >= 11 is 7.25. The van der Waals surface area contributed by atoms with Crippen LogP contribution in [0.25, 0.3) is 0 Å². The molecule has 3 rings (SSSR count). The fraction of sp³-hybridized carbons (Fsp3) is 0.636. The van der Waals surface area contributed by atoms with Crippen LogP contribution in [-0.2, 0) is 12.7 Å². The molecule has 1 fully saturated rings. The van der Waals surface area contributed by atoms with Crippen LogP contribution in [0.5, 0.6) is 0 Å². The van der Waals surface area contributed by atoms with E-state index in [0.29, 0.717) is 37.6 Å². The van der Waals surface area contributed by atoms with Gasteiger partial charge in [-0.2, -0.15) is 13.2 Å². The van der Waals surface area contributed by atoms with Gasteiger partial charge in [-0.3, -0.25) is 4.90 Å². The molecule has 0 saturated carbocycles. The Morgan fingerprint density at radius 2 is 2.05 bits per heavy atom. The van der Waals surface area contributed by atoms with E-state index in [-0.39, 0.29) is 6.04 Å². The van der Waals surface area contributed by atoms with Gasteiger partial charge in [0.05, 0.1) is 12.6 Å². The highest BCUT2D eigenvalue weighted by Crippen LogP contribution is 2.31. The lowest BCUT2D eigenvalue weighted by atomic mass is 10.1. The number of hydrogen-bond donors (Lipinski definition) is 0. The summed E-state index contributed by atoms with van der Waals surface area (Å²) in [7, 11) is 0. The molecule has 3 heterocycles. The van der Waals surface area contributed by atoms with Crippen molar-refractivity contribution >= 4 is 22.9 Å². The monoisotopic (exact) mass is 352 g/mol. The van der Waals surface area contributed by atoms with E-state index >= 15 is 0 Å². The van der Waals surface area contributed by atoms with Gasteiger partial charge in [0.1, 0.15) is 10.2 Å². The Kier molecular flexibility index (Phi) is 4.33. The third-order valence-electron chi connectivity index (χ3n) is 3.53. The topological polar surface area (TPSA) is 59.7 Å². The number of halogens is 4. The predicted molar refractivity (Wildman–Crippen MR) is 73.5 cm³/mol. The Balaban J connectivity index is 1.61. The van der Waals surface area contributed by atoms with E-state index < -0.39 is 12.0 Å². The van der Waals surface area contributed by atoms with Gasteiger partial charge in [0.25, 0.3) is 5.82 Å². The van der Waals surface area contributed by atoms with Crippen LogP contribution < -0.4 is 0 Å². The zero-order valence-corrected chi connectivity index (χ0v) is 12.9. The molecule has 0 bridgehead atoms. The van der Waals surface area contributed by atoms with Crippen molar-refractivity contribution in [3.63, 3.8) is 0 Å². The summed E-state index contributed by atoms with van der Waals surface area (Å²) in [5, 5.41) is 12.9. The van der Waals surface area contributed by atoms with Gasteiger partial charge in [-0.15, -0.1) is 16.4 Å². The Hall–Kier alpha value is -1.26. The summed E-state index contributed by atoms with van der Waals surface area (Å²) in [6, 6.07) is -0.331. The number of alkyl halides is 3. The van der Waals surface area contributed by atoms with Crippen molar-refractivity contribution in [3.8, 4) is 0 Å². The van der Waals surface area contributed by atoms with Crippen molar-refractivity contribution in [1.29, 1.82) is 0 Å². The Morgan fingerprint density at radius 3 is 2.64 bits per heavy atom. The molecule has 0 atom stereocenters. The summed E-state index contributed by atoms with van der Waals surface area (Å²) in [6.07, 6.45) is -3.40. The minimum atomic E-state index is -4.53. The maximum atomic E-state index is 12.8. The molecule has 1 aliphatic heterocycles. The number of thiazole rings is 1. The number of likely N-dealkylation sites (tertiary alicyclic amines) is 1. The summed E-state index contributed by atoms with van der Waals surface area (Å²) < 4.78 is 39.3. The molecule has 11 heteroatoms. The normalized spacial score (nSPS) is 18.0. The zero-order valence-electron chi connectivity index (χ0n) is 11.3. The first-order chi connectivity index (χ1) is 10.4. The van der Waals surface area contributed by atoms with E-state index in [1.165, 1.54) is 11.3 Å². The van der Waals surface area contributed by atoms with Crippen LogP contribution in [0.1, 0.15) is 29.7 Å². The molecule has 1 aliphatic rings. The van der Waals surface area contributed by atoms with Crippen LogP contribution in [-0.4, -0.2) is 43.2 Å². The van der Waals surface area contributed by atoms with Gasteiger partial charge in [-0.1, -0.05) is 11.6 Å². The molecular weight excluding hydrogens is 341 g/mol. The van der Waals surface area contributed by atoms with E-state index in [1.807, 2.05) is 0 Å². The van der Waals surface area contributed by atoms with E-state index in [2.05, 4.69) is 25.4 Å². The van der Waals surface area contributed by atoms with Crippen LogP contribution in [0.15, 0.2) is 5.38 Å². The molecule has 0 amide bonds. The van der Waals surface area contributed by atoms with E-state index in [0.717, 1.165) is 9.69 Å². The molecule has 22 heavy (non-hydrogen) atoms. The highest BCUT2D eigenvalue weighted by Gasteiger charge is 2.40. The second-order valence-corrected chi connectivity index (χ2v) is 6.35. The first kappa shape index (κ1) is 15.6. The number of hydrogen-bond acceptors (Lipinski definition) is 6. The maximum Gasteiger partial charge on any atom is 0.453 e. The summed E-state index contributed by atoms with van der Waals surface area (Å²) in [6.45, 7) is 1.99. The molecule has 0 unspecified atom stereocenters. The lowest BCUT2D eigenvalue weighted by molar-refractivity contribution is -0.149. The molecule has 1 saturated heterocycles. The minimum Gasteiger partial charge on any atom is -0.297 e. The van der Waals surface area contributed by atoms with Gasteiger partial charge in [-0.25, -0.2) is 9.67 Å². The molecule has 0 spiro atoms. The van der Waals surface area contributed by atoms with E-state index in [1.54, 1.807) is 5.38 Å². The number of piperidine rings is 1. The molecule has 0 aliphatic carbocycles. The highest BCUT2D eigenvalue weighted by atomic mass is 35.5. The molecule has 120 valence electrons. The average molecular weight is 353 g/mol. The van der Waals surface area contributed by atoms with E-state index in [9.17, 15) is 13.2 Å².